The van der Waals surface area contributed by atoms with Crippen LogP contribution >= 0.6 is 0 Å². The molecular formula is C13H21N3O. The van der Waals surface area contributed by atoms with Gasteiger partial charge in [-0.15, -0.1) is 0 Å². The molecule has 94 valence electrons. The Kier molecular flexibility index (Phi) is 4.20. The summed E-state index contributed by atoms with van der Waals surface area (Å²) in [6.07, 6.45) is 4.38. The van der Waals surface area contributed by atoms with E-state index in [0.717, 1.165) is 18.1 Å². The molecule has 0 aromatic carbocycles. The topological polar surface area (TPSA) is 37.4 Å². The van der Waals surface area contributed by atoms with Crippen LogP contribution in [0.4, 0.5) is 5.82 Å². The van der Waals surface area contributed by atoms with Crippen LogP contribution in [0.2, 0.25) is 0 Å². The number of likely N-dealkylation sites (tertiary alicyclic amines) is 1. The zero-order valence-corrected chi connectivity index (χ0v) is 10.6. The van der Waals surface area contributed by atoms with Crippen molar-refractivity contribution in [2.24, 2.45) is 5.92 Å². The molecule has 1 atom stereocenters. The molecule has 17 heavy (non-hydrogen) atoms. The van der Waals surface area contributed by atoms with E-state index in [4.69, 9.17) is 4.74 Å². The van der Waals surface area contributed by atoms with Crippen molar-refractivity contribution in [3.63, 3.8) is 0 Å². The molecule has 0 radical (unpaired) electrons. The van der Waals surface area contributed by atoms with Crippen molar-refractivity contribution in [2.75, 3.05) is 39.1 Å². The molecule has 1 aromatic heterocycles. The highest BCUT2D eigenvalue weighted by Crippen LogP contribution is 2.22. The number of ether oxygens (including phenoxy) is 1. The summed E-state index contributed by atoms with van der Waals surface area (Å²) < 4.78 is 5.27. The van der Waals surface area contributed by atoms with E-state index in [1.54, 1.807) is 13.3 Å². The van der Waals surface area contributed by atoms with Gasteiger partial charge in [-0.2, -0.15) is 0 Å². The Hall–Kier alpha value is -1.29. The van der Waals surface area contributed by atoms with Gasteiger partial charge in [0.2, 0.25) is 0 Å². The lowest BCUT2D eigenvalue weighted by atomic mass is 9.98. The van der Waals surface area contributed by atoms with Crippen molar-refractivity contribution in [3.05, 3.63) is 18.3 Å². The minimum absolute atomic E-state index is 0.709. The summed E-state index contributed by atoms with van der Waals surface area (Å²) in [6.45, 7) is 3.36. The summed E-state index contributed by atoms with van der Waals surface area (Å²) in [5, 5.41) is 3.39. The largest absolute Gasteiger partial charge is 0.493 e. The smallest absolute Gasteiger partial charge is 0.168 e. The second kappa shape index (κ2) is 5.87. The number of hydrogen-bond acceptors (Lipinski definition) is 4. The van der Waals surface area contributed by atoms with Crippen molar-refractivity contribution in [1.82, 2.24) is 9.88 Å². The normalized spacial score (nSPS) is 21.2. The van der Waals surface area contributed by atoms with Gasteiger partial charge < -0.3 is 15.0 Å². The van der Waals surface area contributed by atoms with Gasteiger partial charge in [-0.05, 0) is 44.5 Å². The van der Waals surface area contributed by atoms with Gasteiger partial charge in [-0.25, -0.2) is 4.98 Å². The van der Waals surface area contributed by atoms with Gasteiger partial charge in [-0.3, -0.25) is 0 Å². The number of methoxy groups -OCH3 is 1. The third kappa shape index (κ3) is 3.33. The van der Waals surface area contributed by atoms with Crippen molar-refractivity contribution in [2.45, 2.75) is 12.8 Å². The molecule has 1 saturated heterocycles. The third-order valence-electron chi connectivity index (χ3n) is 3.27. The maximum atomic E-state index is 5.27. The monoisotopic (exact) mass is 235 g/mol. The van der Waals surface area contributed by atoms with Crippen LogP contribution in [0.1, 0.15) is 12.8 Å². The molecular weight excluding hydrogens is 214 g/mol. The maximum absolute atomic E-state index is 5.27. The lowest BCUT2D eigenvalue weighted by molar-refractivity contribution is 0.217. The molecule has 2 rings (SSSR count). The fraction of sp³-hybridized carbons (Fsp3) is 0.615. The van der Waals surface area contributed by atoms with Crippen molar-refractivity contribution in [1.29, 1.82) is 0 Å². The van der Waals surface area contributed by atoms with Gasteiger partial charge in [0.15, 0.2) is 11.6 Å². The summed E-state index contributed by atoms with van der Waals surface area (Å²) in [5.74, 6) is 2.38. The second-order valence-electron chi connectivity index (χ2n) is 4.71. The zero-order valence-electron chi connectivity index (χ0n) is 10.6. The summed E-state index contributed by atoms with van der Waals surface area (Å²) >= 11 is 0. The Labute approximate surface area is 103 Å². The van der Waals surface area contributed by atoms with Crippen LogP contribution < -0.4 is 10.1 Å². The molecule has 1 N–H and O–H groups in total. The maximum Gasteiger partial charge on any atom is 0.168 e. The minimum Gasteiger partial charge on any atom is -0.493 e. The van der Waals surface area contributed by atoms with Crippen LogP contribution in [0.3, 0.4) is 0 Å². The number of nitrogens with zero attached hydrogens (tertiary/aromatic N) is 2. The van der Waals surface area contributed by atoms with Crippen molar-refractivity contribution >= 4 is 5.82 Å². The van der Waals surface area contributed by atoms with E-state index in [-0.39, 0.29) is 0 Å². The summed E-state index contributed by atoms with van der Waals surface area (Å²) in [4.78, 5) is 6.70. The van der Waals surface area contributed by atoms with E-state index in [1.807, 2.05) is 12.1 Å². The van der Waals surface area contributed by atoms with Gasteiger partial charge in [0.25, 0.3) is 0 Å². The fourth-order valence-electron chi connectivity index (χ4n) is 2.37. The van der Waals surface area contributed by atoms with Crippen LogP contribution in [0.25, 0.3) is 0 Å². The van der Waals surface area contributed by atoms with Crippen LogP contribution in [0, 0.1) is 5.92 Å². The fourth-order valence-corrected chi connectivity index (χ4v) is 2.37. The number of hydrogen-bond donors (Lipinski definition) is 1. The van der Waals surface area contributed by atoms with Crippen LogP contribution in [0.15, 0.2) is 18.3 Å². The number of pyridine rings is 1. The van der Waals surface area contributed by atoms with Gasteiger partial charge in [0.05, 0.1) is 7.11 Å². The Morgan fingerprint density at radius 3 is 3.24 bits per heavy atom. The highest BCUT2D eigenvalue weighted by Gasteiger charge is 2.17. The molecule has 0 bridgehead atoms. The van der Waals surface area contributed by atoms with Crippen LogP contribution in [0.5, 0.6) is 5.75 Å². The molecule has 4 heteroatoms. The molecule has 0 spiro atoms. The van der Waals surface area contributed by atoms with E-state index < -0.39 is 0 Å². The number of piperidine rings is 1. The first-order valence-corrected chi connectivity index (χ1v) is 6.21. The average molecular weight is 235 g/mol. The van der Waals surface area contributed by atoms with Gasteiger partial charge in [-0.1, -0.05) is 0 Å². The van der Waals surface area contributed by atoms with E-state index in [2.05, 4.69) is 22.2 Å². The highest BCUT2D eigenvalue weighted by atomic mass is 16.5. The molecule has 0 aliphatic carbocycles. The summed E-state index contributed by atoms with van der Waals surface area (Å²) in [7, 11) is 3.87. The molecule has 1 unspecified atom stereocenters. The van der Waals surface area contributed by atoms with E-state index in [0.29, 0.717) is 5.92 Å². The SMILES string of the molecule is COc1cccnc1NCC1CCCN(C)C1. The predicted octanol–water partition coefficient (Wildman–Crippen LogP) is 1.84. The predicted molar refractivity (Wildman–Crippen MR) is 69.5 cm³/mol. The standard InChI is InChI=1S/C13H21N3O/c1-16-8-4-5-11(10-16)9-15-13-12(17-2)6-3-7-14-13/h3,6-7,11H,4-5,8-10H2,1-2H3,(H,14,15). The molecule has 1 aliphatic heterocycles. The molecule has 4 nitrogen and oxygen atoms in total. The molecule has 1 fully saturated rings. The van der Waals surface area contributed by atoms with Crippen LogP contribution in [-0.2, 0) is 0 Å². The Bertz CT molecular complexity index is 356. The molecule has 0 amide bonds. The number of anilines is 1. The second-order valence-corrected chi connectivity index (χ2v) is 4.71. The highest BCUT2D eigenvalue weighted by molar-refractivity contribution is 5.49. The van der Waals surface area contributed by atoms with E-state index in [1.165, 1.54) is 25.9 Å². The van der Waals surface area contributed by atoms with Crippen LogP contribution in [-0.4, -0.2) is 43.7 Å². The zero-order chi connectivity index (χ0) is 12.1. The molecule has 2 heterocycles. The first-order chi connectivity index (χ1) is 8.29. The molecule has 0 saturated carbocycles. The van der Waals surface area contributed by atoms with Gasteiger partial charge in [0, 0.05) is 19.3 Å². The van der Waals surface area contributed by atoms with Crippen molar-refractivity contribution in [3.8, 4) is 5.75 Å². The Morgan fingerprint density at radius 2 is 2.47 bits per heavy atom. The van der Waals surface area contributed by atoms with E-state index in [9.17, 15) is 0 Å². The van der Waals surface area contributed by atoms with Gasteiger partial charge >= 0.3 is 0 Å². The van der Waals surface area contributed by atoms with Crippen molar-refractivity contribution < 1.29 is 4.74 Å². The summed E-state index contributed by atoms with van der Waals surface area (Å²) in [5.41, 5.74) is 0. The number of rotatable bonds is 4. The number of nitrogens with one attached hydrogen (secondary N) is 1. The van der Waals surface area contributed by atoms with E-state index >= 15 is 0 Å². The first kappa shape index (κ1) is 12.2. The molecule has 1 aliphatic rings. The summed E-state index contributed by atoms with van der Waals surface area (Å²) in [6, 6.07) is 3.82. The first-order valence-electron chi connectivity index (χ1n) is 6.21. The average Bonchev–Trinajstić information content (AvgIpc) is 2.37. The lowest BCUT2D eigenvalue weighted by Crippen LogP contribution is -2.35. The molecule has 1 aromatic rings. The lowest BCUT2D eigenvalue weighted by Gasteiger charge is -2.29. The van der Waals surface area contributed by atoms with Gasteiger partial charge in [0.1, 0.15) is 0 Å². The quantitative estimate of drug-likeness (QED) is 0.864. The Balaban J connectivity index is 1.88. The number of aromatic nitrogens is 1. The third-order valence-corrected chi connectivity index (χ3v) is 3.27. The Morgan fingerprint density at radius 1 is 1.59 bits per heavy atom. The minimum atomic E-state index is 0.709.